The van der Waals surface area contributed by atoms with E-state index in [9.17, 15) is 4.79 Å². The van der Waals surface area contributed by atoms with Gasteiger partial charge in [-0.1, -0.05) is 11.6 Å². The first-order valence-electron chi connectivity index (χ1n) is 4.79. The number of nitrogens with zero attached hydrogens (tertiary/aromatic N) is 1. The van der Waals surface area contributed by atoms with Gasteiger partial charge >= 0.3 is 5.97 Å². The normalized spacial score (nSPS) is 9.82. The van der Waals surface area contributed by atoms with Crippen LogP contribution in [0.15, 0.2) is 18.2 Å². The lowest BCUT2D eigenvalue weighted by Gasteiger charge is -2.14. The van der Waals surface area contributed by atoms with Crippen LogP contribution in [0.4, 0.5) is 0 Å². The van der Waals surface area contributed by atoms with Gasteiger partial charge in [0.05, 0.1) is 6.42 Å². The highest BCUT2D eigenvalue weighted by atomic mass is 35.5. The lowest BCUT2D eigenvalue weighted by molar-refractivity contribution is -0.136. The molecule has 0 aliphatic rings. The van der Waals surface area contributed by atoms with Gasteiger partial charge in [-0.05, 0) is 36.0 Å². The van der Waals surface area contributed by atoms with E-state index in [-0.39, 0.29) is 11.6 Å². The maximum Gasteiger partial charge on any atom is 0.307 e. The molecule has 0 unspecified atom stereocenters. The van der Waals surface area contributed by atoms with E-state index in [2.05, 4.69) is 0 Å². The van der Waals surface area contributed by atoms with Crippen molar-refractivity contribution in [3.05, 3.63) is 28.8 Å². The molecule has 1 aromatic carbocycles. The Kier molecular flexibility index (Phi) is 4.72. The van der Waals surface area contributed by atoms with E-state index >= 15 is 0 Å². The molecular formula is C11H12ClNO3S. The fourth-order valence-corrected chi connectivity index (χ4v) is 1.49. The number of hydrogen-bond acceptors (Lipinski definition) is 3. The van der Waals surface area contributed by atoms with Crippen molar-refractivity contribution in [2.45, 2.75) is 6.42 Å². The summed E-state index contributed by atoms with van der Waals surface area (Å²) in [6, 6.07) is 4.78. The summed E-state index contributed by atoms with van der Waals surface area (Å²) in [4.78, 5) is 12.2. The van der Waals surface area contributed by atoms with Crippen LogP contribution >= 0.6 is 23.8 Å². The molecule has 6 heteroatoms. The number of carboxylic acids is 1. The topological polar surface area (TPSA) is 49.8 Å². The van der Waals surface area contributed by atoms with Gasteiger partial charge in [0.1, 0.15) is 5.75 Å². The average molecular weight is 274 g/mol. The van der Waals surface area contributed by atoms with Gasteiger partial charge in [-0.2, -0.15) is 0 Å². The number of hydrogen-bond donors (Lipinski definition) is 1. The van der Waals surface area contributed by atoms with Crippen molar-refractivity contribution in [1.82, 2.24) is 4.90 Å². The van der Waals surface area contributed by atoms with Crippen molar-refractivity contribution in [1.29, 1.82) is 0 Å². The molecular weight excluding hydrogens is 262 g/mol. The minimum absolute atomic E-state index is 0.106. The molecule has 0 heterocycles. The Labute approximate surface area is 110 Å². The first-order valence-corrected chi connectivity index (χ1v) is 5.57. The van der Waals surface area contributed by atoms with Crippen LogP contribution in [-0.2, 0) is 11.2 Å². The van der Waals surface area contributed by atoms with Gasteiger partial charge in [0.2, 0.25) is 0 Å². The summed E-state index contributed by atoms with van der Waals surface area (Å²) in [6.07, 6.45) is -0.106. The third-order valence-corrected chi connectivity index (χ3v) is 2.52. The Balaban J connectivity index is 2.89. The lowest BCUT2D eigenvalue weighted by atomic mass is 10.1. The first-order chi connectivity index (χ1) is 7.88. The predicted octanol–water partition coefficient (Wildman–Crippen LogP) is 2.19. The van der Waals surface area contributed by atoms with E-state index in [4.69, 9.17) is 33.7 Å². The summed E-state index contributed by atoms with van der Waals surface area (Å²) in [5.74, 6) is -0.485. The molecule has 0 spiro atoms. The molecule has 1 rings (SSSR count). The number of aliphatic carboxylic acids is 1. The second-order valence-corrected chi connectivity index (χ2v) is 4.41. The summed E-state index contributed by atoms with van der Waals surface area (Å²) in [6.45, 7) is 0. The van der Waals surface area contributed by atoms with E-state index in [0.29, 0.717) is 16.3 Å². The summed E-state index contributed by atoms with van der Waals surface area (Å²) in [5, 5.41) is 9.40. The highest BCUT2D eigenvalue weighted by Crippen LogP contribution is 2.22. The SMILES string of the molecule is CN(C)C(=S)Oc1cc(Cl)cc(CC(=O)O)c1. The van der Waals surface area contributed by atoms with Crippen molar-refractivity contribution in [2.24, 2.45) is 0 Å². The number of benzene rings is 1. The second-order valence-electron chi connectivity index (χ2n) is 3.63. The molecule has 0 radical (unpaired) electrons. The highest BCUT2D eigenvalue weighted by Gasteiger charge is 2.07. The summed E-state index contributed by atoms with van der Waals surface area (Å²) in [5.41, 5.74) is 0.571. The maximum atomic E-state index is 10.6. The molecule has 0 aromatic heterocycles. The van der Waals surface area contributed by atoms with Crippen LogP contribution in [0.25, 0.3) is 0 Å². The van der Waals surface area contributed by atoms with Gasteiger partial charge in [-0.25, -0.2) is 0 Å². The van der Waals surface area contributed by atoms with Gasteiger partial charge in [0.25, 0.3) is 5.17 Å². The quantitative estimate of drug-likeness (QED) is 0.856. The molecule has 1 aromatic rings. The summed E-state index contributed by atoms with van der Waals surface area (Å²) < 4.78 is 5.36. The van der Waals surface area contributed by atoms with E-state index in [1.54, 1.807) is 37.2 Å². The second kappa shape index (κ2) is 5.84. The Morgan fingerprint density at radius 3 is 2.65 bits per heavy atom. The molecule has 92 valence electrons. The predicted molar refractivity (Wildman–Crippen MR) is 69.7 cm³/mol. The fourth-order valence-electron chi connectivity index (χ4n) is 1.15. The Hall–Kier alpha value is -1.33. The van der Waals surface area contributed by atoms with Gasteiger partial charge in [-0.3, -0.25) is 4.79 Å². The summed E-state index contributed by atoms with van der Waals surface area (Å²) in [7, 11) is 3.51. The maximum absolute atomic E-state index is 10.6. The molecule has 0 aliphatic carbocycles. The minimum Gasteiger partial charge on any atom is -0.481 e. The molecule has 17 heavy (non-hydrogen) atoms. The standard InChI is InChI=1S/C11H12ClNO3S/c1-13(2)11(17)16-9-4-7(5-10(14)15)3-8(12)6-9/h3-4,6H,5H2,1-2H3,(H,14,15). The van der Waals surface area contributed by atoms with Crippen molar-refractivity contribution in [3.8, 4) is 5.75 Å². The molecule has 0 aliphatic heterocycles. The van der Waals surface area contributed by atoms with E-state index < -0.39 is 5.97 Å². The van der Waals surface area contributed by atoms with Crippen LogP contribution in [0.2, 0.25) is 5.02 Å². The third kappa shape index (κ3) is 4.58. The number of ether oxygens (including phenoxy) is 1. The van der Waals surface area contributed by atoms with Gasteiger partial charge < -0.3 is 14.7 Å². The summed E-state index contributed by atoms with van der Waals surface area (Å²) >= 11 is 10.8. The van der Waals surface area contributed by atoms with Crippen LogP contribution in [0.3, 0.4) is 0 Å². The van der Waals surface area contributed by atoms with Crippen LogP contribution < -0.4 is 4.74 Å². The number of carbonyl (C=O) groups is 1. The van der Waals surface area contributed by atoms with Crippen molar-refractivity contribution in [3.63, 3.8) is 0 Å². The molecule has 0 amide bonds. The third-order valence-electron chi connectivity index (χ3n) is 1.86. The largest absolute Gasteiger partial charge is 0.481 e. The van der Waals surface area contributed by atoms with Crippen LogP contribution in [0, 0.1) is 0 Å². The Morgan fingerprint density at radius 2 is 2.12 bits per heavy atom. The van der Waals surface area contributed by atoms with Crippen molar-refractivity contribution in [2.75, 3.05) is 14.1 Å². The van der Waals surface area contributed by atoms with Crippen LogP contribution in [0.1, 0.15) is 5.56 Å². The Bertz CT molecular complexity index is 448. The van der Waals surface area contributed by atoms with Gasteiger partial charge in [0.15, 0.2) is 0 Å². The van der Waals surface area contributed by atoms with Gasteiger partial charge in [-0.15, -0.1) is 0 Å². The molecule has 1 N–H and O–H groups in total. The number of halogens is 1. The van der Waals surface area contributed by atoms with E-state index in [1.165, 1.54) is 0 Å². The smallest absolute Gasteiger partial charge is 0.307 e. The zero-order valence-corrected chi connectivity index (χ0v) is 11.0. The average Bonchev–Trinajstić information content (AvgIpc) is 2.14. The lowest BCUT2D eigenvalue weighted by Crippen LogP contribution is -2.25. The van der Waals surface area contributed by atoms with Crippen molar-refractivity contribution >= 4 is 35.0 Å². The number of thiocarbonyl (C=S) groups is 1. The minimum atomic E-state index is -0.923. The number of carboxylic acid groups (broad SMARTS) is 1. The van der Waals surface area contributed by atoms with E-state index in [0.717, 1.165) is 0 Å². The first kappa shape index (κ1) is 13.7. The molecule has 0 atom stereocenters. The molecule has 0 fully saturated rings. The zero-order chi connectivity index (χ0) is 13.0. The molecule has 0 saturated heterocycles. The van der Waals surface area contributed by atoms with Crippen LogP contribution in [-0.4, -0.2) is 35.2 Å². The van der Waals surface area contributed by atoms with Crippen LogP contribution in [0.5, 0.6) is 5.75 Å². The molecule has 4 nitrogen and oxygen atoms in total. The number of rotatable bonds is 3. The fraction of sp³-hybridized carbons (Fsp3) is 0.273. The van der Waals surface area contributed by atoms with Crippen molar-refractivity contribution < 1.29 is 14.6 Å². The highest BCUT2D eigenvalue weighted by molar-refractivity contribution is 7.80. The monoisotopic (exact) mass is 273 g/mol. The van der Waals surface area contributed by atoms with E-state index in [1.807, 2.05) is 0 Å². The Morgan fingerprint density at radius 1 is 1.47 bits per heavy atom. The van der Waals surface area contributed by atoms with Gasteiger partial charge in [0, 0.05) is 19.1 Å². The molecule has 0 bridgehead atoms. The molecule has 0 saturated carbocycles. The zero-order valence-electron chi connectivity index (χ0n) is 9.44.